The molecule has 0 atom stereocenters. The molecule has 0 aromatic carbocycles. The Morgan fingerprint density at radius 3 is 2.70 bits per heavy atom. The summed E-state index contributed by atoms with van der Waals surface area (Å²) in [4.78, 5) is 12.8. The van der Waals surface area contributed by atoms with E-state index in [1.165, 1.54) is 16.6 Å². The molecule has 1 aromatic heterocycles. The molecule has 0 unspecified atom stereocenters. The molecule has 1 amide bonds. The number of hydrogen-bond donors (Lipinski definition) is 1. The first-order valence-corrected chi connectivity index (χ1v) is 9.15. The summed E-state index contributed by atoms with van der Waals surface area (Å²) < 4.78 is 24.2. The average Bonchev–Trinajstić information content (AvgIpc) is 2.89. The van der Waals surface area contributed by atoms with Crippen molar-refractivity contribution in [2.24, 2.45) is 0 Å². The third kappa shape index (κ3) is 4.43. The van der Waals surface area contributed by atoms with Crippen LogP contribution in [0.5, 0.6) is 0 Å². The van der Waals surface area contributed by atoms with Crippen molar-refractivity contribution in [1.29, 1.82) is 0 Å². The highest BCUT2D eigenvalue weighted by molar-refractivity contribution is 7.88. The van der Waals surface area contributed by atoms with Gasteiger partial charge in [-0.15, -0.1) is 11.3 Å². The van der Waals surface area contributed by atoms with Crippen LogP contribution in [0.15, 0.2) is 23.6 Å². The molecule has 110 valence electrons. The van der Waals surface area contributed by atoms with E-state index in [4.69, 9.17) is 0 Å². The molecule has 1 aliphatic heterocycles. The van der Waals surface area contributed by atoms with Gasteiger partial charge < -0.3 is 5.32 Å². The Bertz CT molecular complexity index is 571. The van der Waals surface area contributed by atoms with Crippen molar-refractivity contribution in [2.75, 3.05) is 19.3 Å². The van der Waals surface area contributed by atoms with Crippen LogP contribution in [0.4, 0.5) is 0 Å². The van der Waals surface area contributed by atoms with Gasteiger partial charge in [-0.2, -0.15) is 0 Å². The number of amides is 1. The molecule has 0 aliphatic carbocycles. The minimum atomic E-state index is -3.11. The van der Waals surface area contributed by atoms with Gasteiger partial charge in [0, 0.05) is 30.1 Å². The Labute approximate surface area is 123 Å². The van der Waals surface area contributed by atoms with E-state index in [9.17, 15) is 13.2 Å². The highest BCUT2D eigenvalue weighted by Gasteiger charge is 2.25. The zero-order chi connectivity index (χ0) is 14.6. The molecule has 5 nitrogen and oxygen atoms in total. The van der Waals surface area contributed by atoms with E-state index >= 15 is 0 Å². The number of rotatable bonds is 4. The van der Waals surface area contributed by atoms with E-state index in [0.29, 0.717) is 25.9 Å². The summed E-state index contributed by atoms with van der Waals surface area (Å²) in [5, 5.41) is 4.87. The van der Waals surface area contributed by atoms with Crippen LogP contribution in [0.2, 0.25) is 0 Å². The molecule has 0 saturated carbocycles. The van der Waals surface area contributed by atoms with E-state index in [1.54, 1.807) is 17.4 Å². The predicted molar refractivity (Wildman–Crippen MR) is 80.9 cm³/mol. The molecule has 0 bridgehead atoms. The van der Waals surface area contributed by atoms with Crippen molar-refractivity contribution in [3.05, 3.63) is 28.5 Å². The molecule has 1 N–H and O–H groups in total. The maximum Gasteiger partial charge on any atom is 0.244 e. The first kappa shape index (κ1) is 15.2. The minimum Gasteiger partial charge on any atom is -0.350 e. The maximum absolute atomic E-state index is 11.8. The number of carbonyl (C=O) groups is 1. The molecule has 1 aliphatic rings. The number of thiophene rings is 1. The molecule has 20 heavy (non-hydrogen) atoms. The Hall–Kier alpha value is -1.18. The predicted octanol–water partition coefficient (Wildman–Crippen LogP) is 1.30. The first-order chi connectivity index (χ1) is 9.45. The smallest absolute Gasteiger partial charge is 0.244 e. The molecule has 1 fully saturated rings. The summed E-state index contributed by atoms with van der Waals surface area (Å²) in [6.45, 7) is 0.941. The lowest BCUT2D eigenvalue weighted by atomic mass is 10.1. The monoisotopic (exact) mass is 314 g/mol. The highest BCUT2D eigenvalue weighted by atomic mass is 32.2. The molecule has 1 aromatic rings. The molecule has 2 heterocycles. The summed E-state index contributed by atoms with van der Waals surface area (Å²) >= 11 is 1.57. The number of piperidine rings is 1. The number of sulfonamides is 1. The lowest BCUT2D eigenvalue weighted by Crippen LogP contribution is -2.45. The van der Waals surface area contributed by atoms with Gasteiger partial charge in [0.05, 0.1) is 6.26 Å². The molecule has 1 saturated heterocycles. The lowest BCUT2D eigenvalue weighted by molar-refractivity contribution is -0.117. The van der Waals surface area contributed by atoms with Crippen molar-refractivity contribution in [3.63, 3.8) is 0 Å². The van der Waals surface area contributed by atoms with Gasteiger partial charge in [0.2, 0.25) is 15.9 Å². The van der Waals surface area contributed by atoms with Crippen LogP contribution in [-0.2, 0) is 14.8 Å². The second kappa shape index (κ2) is 6.51. The summed E-state index contributed by atoms with van der Waals surface area (Å²) in [6, 6.07) is 3.93. The van der Waals surface area contributed by atoms with Crippen LogP contribution in [0.3, 0.4) is 0 Å². The largest absolute Gasteiger partial charge is 0.350 e. The summed E-state index contributed by atoms with van der Waals surface area (Å²) in [6.07, 6.45) is 5.84. The summed E-state index contributed by atoms with van der Waals surface area (Å²) in [7, 11) is -3.11. The highest BCUT2D eigenvalue weighted by Crippen LogP contribution is 2.13. The van der Waals surface area contributed by atoms with E-state index in [1.807, 2.05) is 17.5 Å². The van der Waals surface area contributed by atoms with Gasteiger partial charge in [0.15, 0.2) is 0 Å². The van der Waals surface area contributed by atoms with E-state index < -0.39 is 10.0 Å². The second-order valence-corrected chi connectivity index (χ2v) is 7.76. The van der Waals surface area contributed by atoms with Crippen LogP contribution >= 0.6 is 11.3 Å². The first-order valence-electron chi connectivity index (χ1n) is 6.42. The Morgan fingerprint density at radius 1 is 1.45 bits per heavy atom. The molecular formula is C13H18N2O3S2. The second-order valence-electron chi connectivity index (χ2n) is 4.79. The van der Waals surface area contributed by atoms with Crippen LogP contribution in [0, 0.1) is 0 Å². The van der Waals surface area contributed by atoms with Crippen LogP contribution in [0.1, 0.15) is 17.7 Å². The fourth-order valence-electron chi connectivity index (χ4n) is 2.12. The van der Waals surface area contributed by atoms with Crippen molar-refractivity contribution in [2.45, 2.75) is 18.9 Å². The van der Waals surface area contributed by atoms with Crippen LogP contribution in [-0.4, -0.2) is 44.0 Å². The number of nitrogens with zero attached hydrogens (tertiary/aromatic N) is 1. The fraction of sp³-hybridized carbons (Fsp3) is 0.462. The number of hydrogen-bond acceptors (Lipinski definition) is 4. The van der Waals surface area contributed by atoms with Gasteiger partial charge in [-0.3, -0.25) is 4.79 Å². The number of carbonyl (C=O) groups excluding carboxylic acids is 1. The third-order valence-electron chi connectivity index (χ3n) is 3.21. The zero-order valence-electron chi connectivity index (χ0n) is 11.3. The van der Waals surface area contributed by atoms with Gasteiger partial charge >= 0.3 is 0 Å². The Kier molecular flexibility index (Phi) is 4.95. The SMILES string of the molecule is CS(=O)(=O)N1CCC(NC(=O)C=Cc2cccs2)CC1. The third-order valence-corrected chi connectivity index (χ3v) is 5.35. The average molecular weight is 314 g/mol. The molecule has 7 heteroatoms. The summed E-state index contributed by atoms with van der Waals surface area (Å²) in [5.41, 5.74) is 0. The van der Waals surface area contributed by atoms with Gasteiger partial charge in [0.1, 0.15) is 0 Å². The molecule has 0 radical (unpaired) electrons. The lowest BCUT2D eigenvalue weighted by Gasteiger charge is -2.30. The van der Waals surface area contributed by atoms with E-state index in [-0.39, 0.29) is 11.9 Å². The standard InChI is InChI=1S/C13H18N2O3S2/c1-20(17,18)15-8-6-11(7-9-15)14-13(16)5-4-12-3-2-10-19-12/h2-5,10-11H,6-9H2,1H3,(H,14,16). The topological polar surface area (TPSA) is 66.5 Å². The van der Waals surface area contributed by atoms with E-state index in [0.717, 1.165) is 4.88 Å². The van der Waals surface area contributed by atoms with Gasteiger partial charge in [-0.25, -0.2) is 12.7 Å². The van der Waals surface area contributed by atoms with Crippen molar-refractivity contribution in [1.82, 2.24) is 9.62 Å². The van der Waals surface area contributed by atoms with Crippen LogP contribution in [0.25, 0.3) is 6.08 Å². The minimum absolute atomic E-state index is 0.0495. The number of nitrogens with one attached hydrogen (secondary N) is 1. The Balaban J connectivity index is 1.79. The molecular weight excluding hydrogens is 296 g/mol. The molecule has 0 spiro atoms. The van der Waals surface area contributed by atoms with E-state index in [2.05, 4.69) is 5.32 Å². The zero-order valence-corrected chi connectivity index (χ0v) is 12.9. The Morgan fingerprint density at radius 2 is 2.15 bits per heavy atom. The van der Waals surface area contributed by atoms with Crippen molar-refractivity contribution >= 4 is 33.3 Å². The van der Waals surface area contributed by atoms with Gasteiger partial charge in [-0.1, -0.05) is 6.07 Å². The van der Waals surface area contributed by atoms with Crippen molar-refractivity contribution < 1.29 is 13.2 Å². The van der Waals surface area contributed by atoms with Crippen LogP contribution < -0.4 is 5.32 Å². The van der Waals surface area contributed by atoms with Gasteiger partial charge in [0.25, 0.3) is 0 Å². The van der Waals surface area contributed by atoms with Gasteiger partial charge in [-0.05, 0) is 30.4 Å². The maximum atomic E-state index is 11.8. The quantitative estimate of drug-likeness (QED) is 0.852. The normalized spacial score (nSPS) is 18.4. The molecule has 2 rings (SSSR count). The summed E-state index contributed by atoms with van der Waals surface area (Å²) in [5.74, 6) is -0.129. The van der Waals surface area contributed by atoms with Crippen molar-refractivity contribution in [3.8, 4) is 0 Å². The fourth-order valence-corrected chi connectivity index (χ4v) is 3.62.